The minimum absolute atomic E-state index is 0.782. The van der Waals surface area contributed by atoms with Gasteiger partial charge in [0.25, 0.3) is 0 Å². The zero-order valence-electron chi connectivity index (χ0n) is 8.56. The summed E-state index contributed by atoms with van der Waals surface area (Å²) in [5, 5.41) is 22.0. The number of nitrogens with one attached hydrogen (secondary N) is 4. The third-order valence-corrected chi connectivity index (χ3v) is 3.17. The maximum absolute atomic E-state index is 12.3. The third kappa shape index (κ3) is 3.61. The molecular formula is C6H10N9OP. The lowest BCUT2D eigenvalue weighted by Crippen LogP contribution is -2.26. The summed E-state index contributed by atoms with van der Waals surface area (Å²) in [4.78, 5) is 10.5. The van der Waals surface area contributed by atoms with Crippen molar-refractivity contribution in [2.45, 2.75) is 0 Å². The van der Waals surface area contributed by atoms with E-state index in [4.69, 9.17) is 10.8 Å². The first-order valence-electron chi connectivity index (χ1n) is 4.25. The Hall–Kier alpha value is -2.35. The molecular weight excluding hydrogens is 245 g/mol. The topological polar surface area (TPSA) is 144 Å². The van der Waals surface area contributed by atoms with Crippen LogP contribution in [0.5, 0.6) is 0 Å². The van der Waals surface area contributed by atoms with Crippen LogP contribution in [0.3, 0.4) is 0 Å². The lowest BCUT2D eigenvalue weighted by molar-refractivity contribution is 0.557. The van der Waals surface area contributed by atoms with Crippen molar-refractivity contribution in [2.24, 2.45) is 9.98 Å². The summed E-state index contributed by atoms with van der Waals surface area (Å²) in [6.45, 7) is 0. The van der Waals surface area contributed by atoms with Crippen LogP contribution in [0.15, 0.2) is 22.6 Å². The number of hydrogen-bond acceptors (Lipinski definition) is 5. The number of rotatable bonds is 7. The molecule has 0 atom stereocenters. The monoisotopic (exact) mass is 255 g/mol. The van der Waals surface area contributed by atoms with Crippen molar-refractivity contribution >= 4 is 32.9 Å². The molecule has 0 amide bonds. The van der Waals surface area contributed by atoms with Gasteiger partial charge in [0.05, 0.1) is 12.7 Å². The van der Waals surface area contributed by atoms with Crippen LogP contribution in [0.4, 0.5) is 0 Å². The first kappa shape index (κ1) is 12.7. The summed E-state index contributed by atoms with van der Waals surface area (Å²) in [7, 11) is -3.35. The third-order valence-electron chi connectivity index (χ3n) is 1.46. The normalized spacial score (nSPS) is 14.6. The van der Waals surface area contributed by atoms with Gasteiger partial charge in [-0.2, -0.15) is 9.55 Å². The second-order valence-corrected chi connectivity index (χ2v) is 4.54. The van der Waals surface area contributed by atoms with Crippen LogP contribution in [0.2, 0.25) is 0 Å². The highest BCUT2D eigenvalue weighted by molar-refractivity contribution is 7.59. The van der Waals surface area contributed by atoms with Crippen LogP contribution in [0, 0.1) is 10.8 Å². The average Bonchev–Trinajstić information content (AvgIpc) is 2.84. The largest absolute Gasteiger partial charge is 0.377 e. The van der Waals surface area contributed by atoms with Gasteiger partial charge in [0.2, 0.25) is 0 Å². The van der Waals surface area contributed by atoms with Gasteiger partial charge in [-0.15, -0.1) is 0 Å². The molecule has 1 heterocycles. The Bertz CT molecular complexity index is 440. The van der Waals surface area contributed by atoms with Crippen LogP contribution in [-0.4, -0.2) is 39.9 Å². The van der Waals surface area contributed by atoms with Gasteiger partial charge in [-0.1, -0.05) is 0 Å². The van der Waals surface area contributed by atoms with Crippen molar-refractivity contribution in [1.29, 1.82) is 10.8 Å². The number of hydrogen-bond donors (Lipinski definition) is 4. The van der Waals surface area contributed by atoms with E-state index in [1.54, 1.807) is 0 Å². The van der Waals surface area contributed by atoms with Gasteiger partial charge in [-0.05, 0) is 0 Å². The summed E-state index contributed by atoms with van der Waals surface area (Å²) < 4.78 is 13.4. The fourth-order valence-corrected chi connectivity index (χ4v) is 1.95. The molecule has 0 aliphatic carbocycles. The molecule has 0 aliphatic rings. The summed E-state index contributed by atoms with van der Waals surface area (Å²) >= 11 is 0. The van der Waals surface area contributed by atoms with Gasteiger partial charge in [0, 0.05) is 0 Å². The van der Waals surface area contributed by atoms with Crippen LogP contribution < -0.4 is 10.2 Å². The van der Waals surface area contributed by atoms with Crippen molar-refractivity contribution in [3.8, 4) is 0 Å². The van der Waals surface area contributed by atoms with Crippen LogP contribution in [0.25, 0.3) is 0 Å². The summed E-state index contributed by atoms with van der Waals surface area (Å²) in [5.41, 5.74) is 0. The minimum atomic E-state index is -3.35. The number of aliphatic imine (C=N–C) groups is 2. The van der Waals surface area contributed by atoms with Gasteiger partial charge in [0.1, 0.15) is 25.3 Å². The predicted octanol–water partition coefficient (Wildman–Crippen LogP) is -0.316. The molecule has 17 heavy (non-hydrogen) atoms. The molecule has 0 saturated carbocycles. The molecule has 0 radical (unpaired) electrons. The van der Waals surface area contributed by atoms with E-state index in [-0.39, 0.29) is 0 Å². The van der Waals surface area contributed by atoms with E-state index in [2.05, 4.69) is 30.2 Å². The molecule has 0 fully saturated rings. The van der Waals surface area contributed by atoms with Crippen LogP contribution in [0.1, 0.15) is 0 Å². The minimum Gasteiger partial charge on any atom is -0.293 e. The standard InChI is InChI=1S/C6H10N9OP/c7-1-9-4-13-17(16,14-5-10-2-8)15-6-11-3-12-15/h1-6H,(H4,7,8,9,10,13,14,16). The summed E-state index contributed by atoms with van der Waals surface area (Å²) in [6, 6.07) is 0. The quantitative estimate of drug-likeness (QED) is 0.300. The van der Waals surface area contributed by atoms with Crippen molar-refractivity contribution in [3.63, 3.8) is 0 Å². The smallest absolute Gasteiger partial charge is 0.293 e. The van der Waals surface area contributed by atoms with Crippen molar-refractivity contribution in [2.75, 3.05) is 0 Å². The molecule has 10 nitrogen and oxygen atoms in total. The second kappa shape index (κ2) is 6.28. The van der Waals surface area contributed by atoms with E-state index in [9.17, 15) is 4.57 Å². The highest BCUT2D eigenvalue weighted by Gasteiger charge is 2.22. The Balaban J connectivity index is 2.88. The molecule has 0 unspecified atom stereocenters. The SMILES string of the molecule is N=C/N=C\NP(=O)(N/C=N\C=N)n1cncn1. The molecule has 1 aromatic heterocycles. The number of nitrogens with zero attached hydrogens (tertiary/aromatic N) is 5. The van der Waals surface area contributed by atoms with Gasteiger partial charge >= 0.3 is 7.59 Å². The fourth-order valence-electron chi connectivity index (χ4n) is 0.801. The van der Waals surface area contributed by atoms with E-state index < -0.39 is 7.59 Å². The second-order valence-electron chi connectivity index (χ2n) is 2.46. The molecule has 1 rings (SSSR count). The molecule has 11 heteroatoms. The summed E-state index contributed by atoms with van der Waals surface area (Å²) in [5.74, 6) is 0. The Kier molecular flexibility index (Phi) is 4.70. The Morgan fingerprint density at radius 3 is 2.24 bits per heavy atom. The first-order valence-corrected chi connectivity index (χ1v) is 5.91. The van der Waals surface area contributed by atoms with Crippen molar-refractivity contribution < 1.29 is 4.57 Å². The molecule has 0 aliphatic heterocycles. The zero-order chi connectivity index (χ0) is 12.6. The van der Waals surface area contributed by atoms with Crippen LogP contribution in [-0.2, 0) is 4.57 Å². The maximum atomic E-state index is 12.3. The van der Waals surface area contributed by atoms with E-state index in [0.717, 1.165) is 29.8 Å². The number of aromatic nitrogens is 3. The molecule has 90 valence electrons. The van der Waals surface area contributed by atoms with Gasteiger partial charge in [-0.25, -0.2) is 19.5 Å². The maximum Gasteiger partial charge on any atom is 0.377 e. The summed E-state index contributed by atoms with van der Waals surface area (Å²) in [6.07, 6.45) is 6.20. The molecule has 0 aromatic carbocycles. The van der Waals surface area contributed by atoms with Gasteiger partial charge in [-0.3, -0.25) is 21.0 Å². The Morgan fingerprint density at radius 2 is 1.82 bits per heavy atom. The van der Waals surface area contributed by atoms with Crippen molar-refractivity contribution in [1.82, 2.24) is 24.7 Å². The molecule has 0 spiro atoms. The Labute approximate surface area is 96.4 Å². The highest BCUT2D eigenvalue weighted by Crippen LogP contribution is 2.34. The van der Waals surface area contributed by atoms with E-state index >= 15 is 0 Å². The lowest BCUT2D eigenvalue weighted by Gasteiger charge is -2.15. The average molecular weight is 255 g/mol. The zero-order valence-corrected chi connectivity index (χ0v) is 9.45. The van der Waals surface area contributed by atoms with Crippen LogP contribution >= 0.6 is 7.59 Å². The molecule has 0 saturated heterocycles. The van der Waals surface area contributed by atoms with Gasteiger partial charge in [0.15, 0.2) is 0 Å². The fraction of sp³-hybridized carbons (Fsp3) is 0. The molecule has 0 bridgehead atoms. The Morgan fingerprint density at radius 1 is 1.24 bits per heavy atom. The van der Waals surface area contributed by atoms with E-state index in [1.165, 1.54) is 12.7 Å². The first-order chi connectivity index (χ1) is 8.23. The van der Waals surface area contributed by atoms with Crippen molar-refractivity contribution in [3.05, 3.63) is 12.7 Å². The molecule has 4 N–H and O–H groups in total. The lowest BCUT2D eigenvalue weighted by atomic mass is 11.2. The van der Waals surface area contributed by atoms with E-state index in [0.29, 0.717) is 0 Å². The predicted molar refractivity (Wildman–Crippen MR) is 63.8 cm³/mol. The van der Waals surface area contributed by atoms with Gasteiger partial charge < -0.3 is 0 Å². The van der Waals surface area contributed by atoms with E-state index in [1.807, 2.05) is 0 Å². The molecule has 1 aromatic rings. The highest BCUT2D eigenvalue weighted by atomic mass is 31.2.